The van der Waals surface area contributed by atoms with Gasteiger partial charge in [0.25, 0.3) is 0 Å². The van der Waals surface area contributed by atoms with E-state index >= 15 is 0 Å². The largest absolute Gasteiger partial charge is 0.144 e. The SMILES string of the molecule is C(#Cc1sccc1-c1cccs1)c1sccc1-c1cccs1. The molecule has 4 heteroatoms. The molecule has 4 heterocycles. The minimum atomic E-state index is 1.15. The molecule has 0 unspecified atom stereocenters. The molecule has 4 rings (SSSR count). The maximum atomic E-state index is 3.38. The van der Waals surface area contributed by atoms with Gasteiger partial charge in [-0.1, -0.05) is 12.1 Å². The van der Waals surface area contributed by atoms with E-state index in [1.165, 1.54) is 20.9 Å². The summed E-state index contributed by atoms with van der Waals surface area (Å²) in [5, 5.41) is 8.46. The Labute approximate surface area is 145 Å². The molecule has 0 bridgehead atoms. The molecule has 0 aliphatic rings. The molecule has 0 aliphatic carbocycles. The van der Waals surface area contributed by atoms with Gasteiger partial charge in [-0.2, -0.15) is 0 Å². The van der Waals surface area contributed by atoms with E-state index in [0.717, 1.165) is 9.75 Å². The molecule has 0 aromatic carbocycles. The molecule has 0 amide bonds. The van der Waals surface area contributed by atoms with Gasteiger partial charge in [-0.15, -0.1) is 45.3 Å². The summed E-state index contributed by atoms with van der Waals surface area (Å²) in [6.45, 7) is 0. The zero-order valence-electron chi connectivity index (χ0n) is 11.4. The molecule has 0 atom stereocenters. The molecule has 0 N–H and O–H groups in total. The number of thiophene rings is 4. The average Bonchev–Trinajstić information content (AvgIpc) is 3.32. The van der Waals surface area contributed by atoms with Crippen LogP contribution in [0.4, 0.5) is 0 Å². The molecule has 106 valence electrons. The molecule has 0 saturated heterocycles. The monoisotopic (exact) mass is 354 g/mol. The van der Waals surface area contributed by atoms with Crippen LogP contribution in [0.2, 0.25) is 0 Å². The highest BCUT2D eigenvalue weighted by Gasteiger charge is 2.07. The van der Waals surface area contributed by atoms with E-state index in [0.29, 0.717) is 0 Å². The Kier molecular flexibility index (Phi) is 3.96. The third kappa shape index (κ3) is 2.69. The lowest BCUT2D eigenvalue weighted by Gasteiger charge is -1.94. The van der Waals surface area contributed by atoms with Crippen LogP contribution in [0.3, 0.4) is 0 Å². The second-order valence-electron chi connectivity index (χ2n) is 4.53. The Balaban J connectivity index is 1.71. The van der Waals surface area contributed by atoms with Crippen molar-refractivity contribution in [2.24, 2.45) is 0 Å². The van der Waals surface area contributed by atoms with Gasteiger partial charge >= 0.3 is 0 Å². The molecule has 0 fully saturated rings. The highest BCUT2D eigenvalue weighted by molar-refractivity contribution is 7.15. The number of hydrogen-bond acceptors (Lipinski definition) is 4. The Hall–Kier alpha value is -1.64. The van der Waals surface area contributed by atoms with Gasteiger partial charge in [-0.05, 0) is 57.6 Å². The lowest BCUT2D eigenvalue weighted by atomic mass is 10.2. The van der Waals surface area contributed by atoms with Crippen molar-refractivity contribution in [3.05, 3.63) is 67.7 Å². The highest BCUT2D eigenvalue weighted by atomic mass is 32.1. The van der Waals surface area contributed by atoms with Crippen molar-refractivity contribution in [3.63, 3.8) is 0 Å². The topological polar surface area (TPSA) is 0 Å². The fourth-order valence-corrected chi connectivity index (χ4v) is 5.33. The molecule has 0 saturated carbocycles. The predicted molar refractivity (Wildman–Crippen MR) is 101 cm³/mol. The third-order valence-corrected chi connectivity index (χ3v) is 6.66. The Bertz CT molecular complexity index is 848. The van der Waals surface area contributed by atoms with Crippen molar-refractivity contribution >= 4 is 45.3 Å². The van der Waals surface area contributed by atoms with Crippen LogP contribution < -0.4 is 0 Å². The first kappa shape index (κ1) is 14.0. The van der Waals surface area contributed by atoms with Crippen LogP contribution in [0.5, 0.6) is 0 Å². The van der Waals surface area contributed by atoms with Gasteiger partial charge in [0, 0.05) is 20.9 Å². The zero-order chi connectivity index (χ0) is 14.8. The fraction of sp³-hybridized carbons (Fsp3) is 0. The van der Waals surface area contributed by atoms with Crippen LogP contribution >= 0.6 is 45.3 Å². The first-order valence-electron chi connectivity index (χ1n) is 6.66. The Morgan fingerprint density at radius 3 is 1.45 bits per heavy atom. The van der Waals surface area contributed by atoms with E-state index < -0.39 is 0 Å². The first-order chi connectivity index (χ1) is 10.9. The third-order valence-electron chi connectivity index (χ3n) is 3.19. The molecular formula is C18H10S4. The van der Waals surface area contributed by atoms with Crippen molar-refractivity contribution in [2.75, 3.05) is 0 Å². The van der Waals surface area contributed by atoms with Crippen molar-refractivity contribution in [1.82, 2.24) is 0 Å². The van der Waals surface area contributed by atoms with Crippen molar-refractivity contribution < 1.29 is 0 Å². The fourth-order valence-electron chi connectivity index (χ4n) is 2.18. The summed E-state index contributed by atoms with van der Waals surface area (Å²) in [5.41, 5.74) is 2.50. The van der Waals surface area contributed by atoms with Crippen LogP contribution in [0.1, 0.15) is 9.75 Å². The first-order valence-corrected chi connectivity index (χ1v) is 10.2. The summed E-state index contributed by atoms with van der Waals surface area (Å²) in [6.07, 6.45) is 0. The van der Waals surface area contributed by atoms with Crippen LogP contribution in [0, 0.1) is 11.8 Å². The lowest BCUT2D eigenvalue weighted by molar-refractivity contribution is 1.83. The summed E-state index contributed by atoms with van der Waals surface area (Å²) in [4.78, 5) is 4.87. The number of rotatable bonds is 2. The van der Waals surface area contributed by atoms with Crippen molar-refractivity contribution in [3.8, 4) is 32.7 Å². The molecule has 0 nitrogen and oxygen atoms in total. The minimum Gasteiger partial charge on any atom is -0.144 e. The van der Waals surface area contributed by atoms with Gasteiger partial charge in [0.2, 0.25) is 0 Å². The Morgan fingerprint density at radius 2 is 1.05 bits per heavy atom. The summed E-state index contributed by atoms with van der Waals surface area (Å²) in [6, 6.07) is 12.8. The van der Waals surface area contributed by atoms with Crippen molar-refractivity contribution in [2.45, 2.75) is 0 Å². The molecule has 22 heavy (non-hydrogen) atoms. The second-order valence-corrected chi connectivity index (χ2v) is 8.26. The molecular weight excluding hydrogens is 344 g/mol. The summed E-state index contributed by atoms with van der Waals surface area (Å²) < 4.78 is 0. The summed E-state index contributed by atoms with van der Waals surface area (Å²) in [5.74, 6) is 6.75. The van der Waals surface area contributed by atoms with E-state index in [2.05, 4.69) is 69.8 Å². The predicted octanol–water partition coefficient (Wildman–Crippen LogP) is 6.67. The second kappa shape index (κ2) is 6.23. The molecule has 0 radical (unpaired) electrons. The van der Waals surface area contributed by atoms with Crippen molar-refractivity contribution in [1.29, 1.82) is 0 Å². The van der Waals surface area contributed by atoms with E-state index in [-0.39, 0.29) is 0 Å². The summed E-state index contributed by atoms with van der Waals surface area (Å²) in [7, 11) is 0. The normalized spacial score (nSPS) is 10.4. The highest BCUT2D eigenvalue weighted by Crippen LogP contribution is 2.33. The van der Waals surface area contributed by atoms with Gasteiger partial charge in [-0.3, -0.25) is 0 Å². The van der Waals surface area contributed by atoms with Gasteiger partial charge in [0.05, 0.1) is 9.75 Å². The van der Waals surface area contributed by atoms with Crippen LogP contribution in [0.25, 0.3) is 20.9 Å². The maximum Gasteiger partial charge on any atom is 0.0858 e. The molecule has 4 aromatic heterocycles. The van der Waals surface area contributed by atoms with E-state index in [1.54, 1.807) is 45.3 Å². The molecule has 4 aromatic rings. The van der Waals surface area contributed by atoms with Crippen LogP contribution in [0.15, 0.2) is 57.9 Å². The lowest BCUT2D eigenvalue weighted by Crippen LogP contribution is -1.74. The maximum absolute atomic E-state index is 3.38. The standard InChI is InChI=1S/C18H10S4/c1-3-15(19-9-1)13-7-11-21-17(13)5-6-18-14(8-12-22-18)16-4-2-10-20-16/h1-4,7-12H. The van der Waals surface area contributed by atoms with E-state index in [1.807, 2.05) is 0 Å². The minimum absolute atomic E-state index is 1.15. The van der Waals surface area contributed by atoms with Gasteiger partial charge in [0.15, 0.2) is 0 Å². The van der Waals surface area contributed by atoms with Gasteiger partial charge < -0.3 is 0 Å². The Morgan fingerprint density at radius 1 is 0.545 bits per heavy atom. The van der Waals surface area contributed by atoms with Gasteiger partial charge in [-0.25, -0.2) is 0 Å². The average molecular weight is 355 g/mol. The van der Waals surface area contributed by atoms with E-state index in [4.69, 9.17) is 0 Å². The van der Waals surface area contributed by atoms with E-state index in [9.17, 15) is 0 Å². The zero-order valence-corrected chi connectivity index (χ0v) is 14.7. The van der Waals surface area contributed by atoms with Crippen LogP contribution in [-0.2, 0) is 0 Å². The number of hydrogen-bond donors (Lipinski definition) is 0. The smallest absolute Gasteiger partial charge is 0.0858 e. The van der Waals surface area contributed by atoms with Crippen LogP contribution in [-0.4, -0.2) is 0 Å². The molecule has 0 spiro atoms. The summed E-state index contributed by atoms with van der Waals surface area (Å²) >= 11 is 6.95. The molecule has 0 aliphatic heterocycles. The van der Waals surface area contributed by atoms with Gasteiger partial charge in [0.1, 0.15) is 0 Å². The quantitative estimate of drug-likeness (QED) is 0.353.